The van der Waals surface area contributed by atoms with Crippen LogP contribution in [0, 0.1) is 5.92 Å². The number of hydrogen-bond donors (Lipinski definition) is 3. The van der Waals surface area contributed by atoms with E-state index in [1.54, 1.807) is 6.92 Å². The molecule has 0 radical (unpaired) electrons. The van der Waals surface area contributed by atoms with Crippen molar-refractivity contribution in [3.8, 4) is 0 Å². The topological polar surface area (TPSA) is 125 Å². The van der Waals surface area contributed by atoms with Gasteiger partial charge in [0.15, 0.2) is 0 Å². The molecule has 9 nitrogen and oxygen atoms in total. The van der Waals surface area contributed by atoms with Crippen LogP contribution in [-0.2, 0) is 28.4 Å². The molecule has 0 bridgehead atoms. The maximum absolute atomic E-state index is 12.8. The Bertz CT molecular complexity index is 960. The predicted octanol–water partition coefficient (Wildman–Crippen LogP) is 2.69. The standard InChI is InChI=1S/C25H33IN4O5/c1-16(2)23(29-20(31)11-5-4-8-14-30-21(32)12-13-22(30)33)25(35)27-17(3)24(34)28-19-10-7-6-9-18(19)15-26/h6-7,9-10,12-13,16-17,23H,4-5,8,11,14-15H2,1-3H3,(H,27,35)(H,28,34)(H,29,31)/t17-,23-/m0/s1. The molecular formula is C25H33IN4O5. The lowest BCUT2D eigenvalue weighted by Gasteiger charge is -2.24. The van der Waals surface area contributed by atoms with E-state index in [0.29, 0.717) is 31.5 Å². The van der Waals surface area contributed by atoms with E-state index in [-0.39, 0.29) is 36.0 Å². The van der Waals surface area contributed by atoms with Crippen LogP contribution in [0.25, 0.3) is 0 Å². The summed E-state index contributed by atoms with van der Waals surface area (Å²) in [7, 11) is 0. The predicted molar refractivity (Wildman–Crippen MR) is 141 cm³/mol. The Labute approximate surface area is 219 Å². The minimum atomic E-state index is -0.784. The van der Waals surface area contributed by atoms with Crippen molar-refractivity contribution >= 4 is 57.8 Å². The van der Waals surface area contributed by atoms with Crippen LogP contribution in [0.5, 0.6) is 0 Å². The van der Waals surface area contributed by atoms with Crippen LogP contribution in [0.1, 0.15) is 52.0 Å². The first-order chi connectivity index (χ1) is 16.6. The van der Waals surface area contributed by atoms with Crippen molar-refractivity contribution in [2.45, 2.75) is 63.0 Å². The van der Waals surface area contributed by atoms with E-state index in [4.69, 9.17) is 0 Å². The molecule has 0 fully saturated rings. The number of carbonyl (C=O) groups is 5. The second kappa shape index (κ2) is 14.0. The fourth-order valence-corrected chi connectivity index (χ4v) is 4.20. The third-order valence-electron chi connectivity index (χ3n) is 5.62. The maximum Gasteiger partial charge on any atom is 0.253 e. The molecule has 1 heterocycles. The molecule has 1 aliphatic heterocycles. The molecule has 190 valence electrons. The summed E-state index contributed by atoms with van der Waals surface area (Å²) in [6.45, 7) is 5.57. The molecule has 1 aliphatic rings. The van der Waals surface area contributed by atoms with Crippen molar-refractivity contribution in [1.29, 1.82) is 0 Å². The molecule has 0 unspecified atom stereocenters. The van der Waals surface area contributed by atoms with E-state index >= 15 is 0 Å². The van der Waals surface area contributed by atoms with E-state index in [1.807, 2.05) is 38.1 Å². The second-order valence-corrected chi connectivity index (χ2v) is 9.53. The second-order valence-electron chi connectivity index (χ2n) is 8.77. The first-order valence-electron chi connectivity index (χ1n) is 11.7. The zero-order valence-corrected chi connectivity index (χ0v) is 22.5. The Morgan fingerprint density at radius 3 is 2.20 bits per heavy atom. The molecule has 3 N–H and O–H groups in total. The van der Waals surface area contributed by atoms with Crippen LogP contribution in [0.2, 0.25) is 0 Å². The van der Waals surface area contributed by atoms with Crippen molar-refractivity contribution in [2.24, 2.45) is 5.92 Å². The summed E-state index contributed by atoms with van der Waals surface area (Å²) in [6.07, 6.45) is 4.56. The summed E-state index contributed by atoms with van der Waals surface area (Å²) in [5.74, 6) is -1.81. The van der Waals surface area contributed by atoms with Gasteiger partial charge in [-0.3, -0.25) is 28.9 Å². The Balaban J connectivity index is 1.77. The molecule has 35 heavy (non-hydrogen) atoms. The quantitative estimate of drug-likeness (QED) is 0.140. The third kappa shape index (κ3) is 8.75. The molecule has 2 atom stereocenters. The lowest BCUT2D eigenvalue weighted by Crippen LogP contribution is -2.53. The summed E-state index contributed by atoms with van der Waals surface area (Å²) in [5, 5.41) is 8.31. The summed E-state index contributed by atoms with van der Waals surface area (Å²) in [4.78, 5) is 62.1. The van der Waals surface area contributed by atoms with Gasteiger partial charge in [0.05, 0.1) is 0 Å². The van der Waals surface area contributed by atoms with Gasteiger partial charge in [-0.05, 0) is 37.3 Å². The molecule has 1 aromatic rings. The fourth-order valence-electron chi connectivity index (χ4n) is 3.53. The fraction of sp³-hybridized carbons (Fsp3) is 0.480. The highest BCUT2D eigenvalue weighted by atomic mass is 127. The van der Waals surface area contributed by atoms with E-state index in [9.17, 15) is 24.0 Å². The number of carbonyl (C=O) groups excluding carboxylic acids is 5. The molecule has 0 aromatic heterocycles. The van der Waals surface area contributed by atoms with E-state index in [0.717, 1.165) is 9.99 Å². The van der Waals surface area contributed by atoms with Gasteiger partial charge >= 0.3 is 0 Å². The Morgan fingerprint density at radius 1 is 0.914 bits per heavy atom. The summed E-state index contributed by atoms with van der Waals surface area (Å²) < 4.78 is 0.738. The lowest BCUT2D eigenvalue weighted by atomic mass is 10.0. The van der Waals surface area contributed by atoms with Crippen molar-refractivity contribution in [3.05, 3.63) is 42.0 Å². The number of nitrogens with zero attached hydrogens (tertiary/aromatic N) is 1. The minimum absolute atomic E-state index is 0.173. The molecule has 1 aromatic carbocycles. The number of benzene rings is 1. The Kier molecular flexibility index (Phi) is 11.4. The zero-order chi connectivity index (χ0) is 26.0. The van der Waals surface area contributed by atoms with Gasteiger partial charge in [-0.25, -0.2) is 0 Å². The van der Waals surface area contributed by atoms with Gasteiger partial charge in [-0.1, -0.05) is 61.1 Å². The molecule has 0 saturated heterocycles. The molecule has 0 spiro atoms. The van der Waals surface area contributed by atoms with Crippen LogP contribution in [0.15, 0.2) is 36.4 Å². The van der Waals surface area contributed by atoms with Crippen LogP contribution in [-0.4, -0.2) is 53.1 Å². The van der Waals surface area contributed by atoms with Crippen molar-refractivity contribution in [3.63, 3.8) is 0 Å². The van der Waals surface area contributed by atoms with Gasteiger partial charge in [0.1, 0.15) is 12.1 Å². The number of halogens is 1. The third-order valence-corrected chi connectivity index (χ3v) is 6.44. The molecule has 0 saturated carbocycles. The molecule has 2 rings (SSSR count). The van der Waals surface area contributed by atoms with Crippen molar-refractivity contribution < 1.29 is 24.0 Å². The highest BCUT2D eigenvalue weighted by molar-refractivity contribution is 14.1. The number of nitrogens with one attached hydrogen (secondary N) is 3. The van der Waals surface area contributed by atoms with Gasteiger partial charge in [0.25, 0.3) is 11.8 Å². The lowest BCUT2D eigenvalue weighted by molar-refractivity contribution is -0.137. The number of alkyl halides is 1. The largest absolute Gasteiger partial charge is 0.344 e. The van der Waals surface area contributed by atoms with Gasteiger partial charge in [0.2, 0.25) is 17.7 Å². The SMILES string of the molecule is CC(C)[C@H](NC(=O)CCCCCN1C(=O)C=CC1=O)C(=O)N[C@@H](C)C(=O)Nc1ccccc1CI. The van der Waals surface area contributed by atoms with Crippen LogP contribution in [0.3, 0.4) is 0 Å². The number of unbranched alkanes of at least 4 members (excludes halogenated alkanes) is 2. The Morgan fingerprint density at radius 2 is 1.57 bits per heavy atom. The zero-order valence-electron chi connectivity index (χ0n) is 20.3. The smallest absolute Gasteiger partial charge is 0.253 e. The number of hydrogen-bond acceptors (Lipinski definition) is 5. The van der Waals surface area contributed by atoms with E-state index in [2.05, 4.69) is 38.5 Å². The Hall–Kier alpha value is -2.76. The number of rotatable bonds is 13. The molecule has 5 amide bonds. The van der Waals surface area contributed by atoms with E-state index < -0.39 is 18.0 Å². The van der Waals surface area contributed by atoms with Crippen LogP contribution in [0.4, 0.5) is 5.69 Å². The van der Waals surface area contributed by atoms with Crippen LogP contribution >= 0.6 is 22.6 Å². The summed E-state index contributed by atoms with van der Waals surface area (Å²) in [6, 6.07) is 5.92. The highest BCUT2D eigenvalue weighted by Crippen LogP contribution is 2.18. The molecule has 0 aliphatic carbocycles. The monoisotopic (exact) mass is 596 g/mol. The molecular weight excluding hydrogens is 563 g/mol. The first-order valence-corrected chi connectivity index (χ1v) is 13.2. The molecule has 10 heteroatoms. The van der Waals surface area contributed by atoms with Gasteiger partial charge in [0, 0.05) is 35.2 Å². The highest BCUT2D eigenvalue weighted by Gasteiger charge is 2.27. The first kappa shape index (κ1) is 28.5. The number of imide groups is 1. The summed E-state index contributed by atoms with van der Waals surface area (Å²) in [5.41, 5.74) is 1.69. The number of amides is 5. The average molecular weight is 596 g/mol. The summed E-state index contributed by atoms with van der Waals surface area (Å²) >= 11 is 2.22. The van der Waals surface area contributed by atoms with Gasteiger partial charge in [-0.15, -0.1) is 0 Å². The number of anilines is 1. The van der Waals surface area contributed by atoms with E-state index in [1.165, 1.54) is 17.1 Å². The number of para-hydroxylation sites is 1. The van der Waals surface area contributed by atoms with Crippen molar-refractivity contribution in [2.75, 3.05) is 11.9 Å². The van der Waals surface area contributed by atoms with Gasteiger partial charge < -0.3 is 16.0 Å². The van der Waals surface area contributed by atoms with Crippen molar-refractivity contribution in [1.82, 2.24) is 15.5 Å². The normalized spacial score (nSPS) is 14.7. The van der Waals surface area contributed by atoms with Crippen LogP contribution < -0.4 is 16.0 Å². The average Bonchev–Trinajstić information content (AvgIpc) is 3.14. The maximum atomic E-state index is 12.8. The van der Waals surface area contributed by atoms with Gasteiger partial charge in [-0.2, -0.15) is 0 Å². The minimum Gasteiger partial charge on any atom is -0.344 e.